The molecule has 1 atom stereocenters. The summed E-state index contributed by atoms with van der Waals surface area (Å²) in [6.45, 7) is 0. The van der Waals surface area contributed by atoms with Gasteiger partial charge in [0.15, 0.2) is 0 Å². The van der Waals surface area contributed by atoms with Gasteiger partial charge in [-0.15, -0.1) is 0 Å². The molecule has 1 aliphatic rings. The number of rotatable bonds is 3. The molecule has 4 rings (SSSR count). The van der Waals surface area contributed by atoms with Crippen LogP contribution in [-0.2, 0) is 4.79 Å². The first-order valence-electron chi connectivity index (χ1n) is 8.06. The van der Waals surface area contributed by atoms with Crippen molar-refractivity contribution in [3.8, 4) is 17.4 Å². The molecule has 0 radical (unpaired) electrons. The van der Waals surface area contributed by atoms with Crippen LogP contribution in [0.5, 0.6) is 17.4 Å². The molecule has 3 aromatic rings. The fraction of sp³-hybridized carbons (Fsp3) is 0.211. The number of nitrogens with zero attached hydrogens (tertiary/aromatic N) is 2. The van der Waals surface area contributed by atoms with Gasteiger partial charge in [-0.05, 0) is 18.2 Å². The zero-order chi connectivity index (χ0) is 18.3. The number of pyridine rings is 1. The molecular formula is C19H16N2O5. The molecule has 7 heteroatoms. The van der Waals surface area contributed by atoms with E-state index in [-0.39, 0.29) is 17.9 Å². The predicted octanol–water partition coefficient (Wildman–Crippen LogP) is 2.15. The number of hydrogen-bond acceptors (Lipinski definition) is 6. The molecule has 3 heterocycles. The Labute approximate surface area is 148 Å². The van der Waals surface area contributed by atoms with E-state index in [1.807, 2.05) is 0 Å². The van der Waals surface area contributed by atoms with Crippen molar-refractivity contribution in [3.63, 3.8) is 0 Å². The largest absolute Gasteiger partial charge is 0.497 e. The lowest BCUT2D eigenvalue weighted by Gasteiger charge is -2.25. The molecule has 0 fully saturated rings. The third kappa shape index (κ3) is 2.48. The van der Waals surface area contributed by atoms with Gasteiger partial charge in [-0.25, -0.2) is 0 Å². The van der Waals surface area contributed by atoms with Crippen LogP contribution in [-0.4, -0.2) is 29.6 Å². The molecule has 1 aliphatic heterocycles. The van der Waals surface area contributed by atoms with Gasteiger partial charge < -0.3 is 14.2 Å². The number of carbonyl (C=O) groups is 1. The zero-order valence-corrected chi connectivity index (χ0v) is 14.3. The summed E-state index contributed by atoms with van der Waals surface area (Å²) in [5.41, 5.74) is 1.21. The fourth-order valence-corrected chi connectivity index (χ4v) is 3.25. The summed E-state index contributed by atoms with van der Waals surface area (Å²) in [6, 6.07) is 10.5. The van der Waals surface area contributed by atoms with Crippen LogP contribution >= 0.6 is 0 Å². The van der Waals surface area contributed by atoms with Crippen LogP contribution in [0.25, 0.3) is 5.65 Å². The monoisotopic (exact) mass is 352 g/mol. The van der Waals surface area contributed by atoms with E-state index >= 15 is 0 Å². The second-order valence-electron chi connectivity index (χ2n) is 5.90. The molecule has 0 saturated heterocycles. The van der Waals surface area contributed by atoms with E-state index in [0.717, 1.165) is 0 Å². The molecule has 1 aromatic carbocycles. The van der Waals surface area contributed by atoms with Crippen LogP contribution < -0.4 is 19.8 Å². The van der Waals surface area contributed by atoms with Gasteiger partial charge >= 0.3 is 5.97 Å². The Morgan fingerprint density at radius 1 is 1.15 bits per heavy atom. The SMILES string of the molecule is COc1ccc([C@H]2CC(=O)Oc3nc4ccccn4c(=O)c32)c(OC)c1. The Kier molecular flexibility index (Phi) is 3.84. The summed E-state index contributed by atoms with van der Waals surface area (Å²) in [6.07, 6.45) is 1.68. The molecule has 0 N–H and O–H groups in total. The standard InChI is InChI=1S/C19H16N2O5/c1-24-11-6-7-12(14(9-11)25-2)13-10-16(22)26-18-17(13)19(23)21-8-4-3-5-15(21)20-18/h3-9,13H,10H2,1-2H3/t13-/m1/s1. The van der Waals surface area contributed by atoms with E-state index in [2.05, 4.69) is 4.98 Å². The summed E-state index contributed by atoms with van der Waals surface area (Å²) in [5.74, 6) is 0.266. The maximum Gasteiger partial charge on any atom is 0.313 e. The third-order valence-electron chi connectivity index (χ3n) is 4.48. The van der Waals surface area contributed by atoms with Crippen molar-refractivity contribution in [2.24, 2.45) is 0 Å². The van der Waals surface area contributed by atoms with Gasteiger partial charge in [-0.2, -0.15) is 4.98 Å². The number of benzene rings is 1. The molecule has 26 heavy (non-hydrogen) atoms. The Bertz CT molecular complexity index is 1070. The number of aromatic nitrogens is 2. The van der Waals surface area contributed by atoms with Crippen LogP contribution in [0, 0.1) is 0 Å². The lowest BCUT2D eigenvalue weighted by Crippen LogP contribution is -2.31. The predicted molar refractivity (Wildman–Crippen MR) is 93.1 cm³/mol. The molecule has 132 valence electrons. The van der Waals surface area contributed by atoms with Gasteiger partial charge in [0.2, 0.25) is 5.88 Å². The Morgan fingerprint density at radius 3 is 2.77 bits per heavy atom. The van der Waals surface area contributed by atoms with Crippen molar-refractivity contribution in [2.75, 3.05) is 14.2 Å². The summed E-state index contributed by atoms with van der Waals surface area (Å²) < 4.78 is 17.4. The highest BCUT2D eigenvalue weighted by Crippen LogP contribution is 2.40. The second kappa shape index (κ2) is 6.18. The van der Waals surface area contributed by atoms with Crippen molar-refractivity contribution in [1.82, 2.24) is 9.38 Å². The maximum absolute atomic E-state index is 13.1. The molecule has 0 saturated carbocycles. The molecule has 7 nitrogen and oxygen atoms in total. The first-order valence-corrected chi connectivity index (χ1v) is 8.06. The van der Waals surface area contributed by atoms with E-state index in [1.54, 1.807) is 49.7 Å². The van der Waals surface area contributed by atoms with E-state index in [4.69, 9.17) is 14.2 Å². The minimum absolute atomic E-state index is 0.0332. The molecule has 0 bridgehead atoms. The average molecular weight is 352 g/mol. The highest BCUT2D eigenvalue weighted by Gasteiger charge is 2.34. The number of carbonyl (C=O) groups excluding carboxylic acids is 1. The molecule has 0 spiro atoms. The maximum atomic E-state index is 13.1. The number of hydrogen-bond donors (Lipinski definition) is 0. The quantitative estimate of drug-likeness (QED) is 0.672. The minimum Gasteiger partial charge on any atom is -0.497 e. The Morgan fingerprint density at radius 2 is 2.00 bits per heavy atom. The van der Waals surface area contributed by atoms with Crippen molar-refractivity contribution in [2.45, 2.75) is 12.3 Å². The van der Waals surface area contributed by atoms with Crippen LogP contribution in [0.15, 0.2) is 47.4 Å². The van der Waals surface area contributed by atoms with Gasteiger partial charge in [-0.3, -0.25) is 14.0 Å². The molecule has 2 aromatic heterocycles. The van der Waals surface area contributed by atoms with Crippen LogP contribution in [0.1, 0.15) is 23.5 Å². The fourth-order valence-electron chi connectivity index (χ4n) is 3.25. The second-order valence-corrected chi connectivity index (χ2v) is 5.90. The van der Waals surface area contributed by atoms with Gasteiger partial charge in [-0.1, -0.05) is 12.1 Å². The van der Waals surface area contributed by atoms with E-state index in [1.165, 1.54) is 11.5 Å². The van der Waals surface area contributed by atoms with Gasteiger partial charge in [0.1, 0.15) is 17.1 Å². The van der Waals surface area contributed by atoms with Crippen molar-refractivity contribution >= 4 is 11.6 Å². The van der Waals surface area contributed by atoms with Crippen molar-refractivity contribution in [3.05, 3.63) is 64.1 Å². The Balaban J connectivity index is 1.97. The van der Waals surface area contributed by atoms with Crippen LogP contribution in [0.2, 0.25) is 0 Å². The number of ether oxygens (including phenoxy) is 3. The highest BCUT2D eigenvalue weighted by atomic mass is 16.5. The summed E-state index contributed by atoms with van der Waals surface area (Å²) >= 11 is 0. The van der Waals surface area contributed by atoms with Crippen molar-refractivity contribution in [1.29, 1.82) is 0 Å². The van der Waals surface area contributed by atoms with E-state index in [0.29, 0.717) is 28.3 Å². The molecule has 0 unspecified atom stereocenters. The topological polar surface area (TPSA) is 79.1 Å². The summed E-state index contributed by atoms with van der Waals surface area (Å²) in [5, 5.41) is 0. The zero-order valence-electron chi connectivity index (χ0n) is 14.3. The summed E-state index contributed by atoms with van der Waals surface area (Å²) in [4.78, 5) is 29.5. The van der Waals surface area contributed by atoms with Gasteiger partial charge in [0, 0.05) is 23.7 Å². The summed E-state index contributed by atoms with van der Waals surface area (Å²) in [7, 11) is 3.09. The average Bonchev–Trinajstić information content (AvgIpc) is 2.66. The number of esters is 1. The van der Waals surface area contributed by atoms with Crippen LogP contribution in [0.3, 0.4) is 0 Å². The third-order valence-corrected chi connectivity index (χ3v) is 4.48. The molecular weight excluding hydrogens is 336 g/mol. The molecule has 0 amide bonds. The van der Waals surface area contributed by atoms with Crippen molar-refractivity contribution < 1.29 is 19.0 Å². The lowest BCUT2D eigenvalue weighted by molar-refractivity contribution is -0.135. The first kappa shape index (κ1) is 16.1. The van der Waals surface area contributed by atoms with Gasteiger partial charge in [0.25, 0.3) is 5.56 Å². The smallest absolute Gasteiger partial charge is 0.313 e. The highest BCUT2D eigenvalue weighted by molar-refractivity contribution is 5.77. The lowest BCUT2D eigenvalue weighted by atomic mass is 9.87. The first-order chi connectivity index (χ1) is 12.6. The minimum atomic E-state index is -0.510. The molecule has 0 aliphatic carbocycles. The van der Waals surface area contributed by atoms with E-state index in [9.17, 15) is 9.59 Å². The van der Waals surface area contributed by atoms with E-state index < -0.39 is 11.9 Å². The van der Waals surface area contributed by atoms with Crippen LogP contribution in [0.4, 0.5) is 0 Å². The number of methoxy groups -OCH3 is 2. The number of fused-ring (bicyclic) bond motifs is 2. The Hall–Kier alpha value is -3.35. The van der Waals surface area contributed by atoms with Gasteiger partial charge in [0.05, 0.1) is 26.2 Å². The normalized spacial score (nSPS) is 16.1.